The van der Waals surface area contributed by atoms with E-state index >= 15 is 0 Å². The summed E-state index contributed by atoms with van der Waals surface area (Å²) in [5.41, 5.74) is 3.27. The van der Waals surface area contributed by atoms with E-state index in [9.17, 15) is 13.2 Å². The van der Waals surface area contributed by atoms with Crippen molar-refractivity contribution in [2.24, 2.45) is 0 Å². The number of amides is 1. The molecule has 0 atom stereocenters. The van der Waals surface area contributed by atoms with E-state index in [1.165, 1.54) is 13.1 Å². The summed E-state index contributed by atoms with van der Waals surface area (Å²) in [7, 11) is -2.12. The minimum Gasteiger partial charge on any atom is -0.348 e. The molecule has 23 heavy (non-hydrogen) atoms. The van der Waals surface area contributed by atoms with E-state index < -0.39 is 10.0 Å². The van der Waals surface area contributed by atoms with Crippen molar-refractivity contribution in [2.75, 3.05) is 7.05 Å². The van der Waals surface area contributed by atoms with Gasteiger partial charge in [-0.3, -0.25) is 4.79 Å². The zero-order chi connectivity index (χ0) is 17.0. The van der Waals surface area contributed by atoms with E-state index in [2.05, 4.69) is 10.0 Å². The molecule has 0 bridgehead atoms. The number of hydrogen-bond acceptors (Lipinski definition) is 3. The minimum atomic E-state index is -3.49. The Morgan fingerprint density at radius 2 is 1.83 bits per heavy atom. The normalized spacial score (nSPS) is 11.3. The largest absolute Gasteiger partial charge is 0.348 e. The van der Waals surface area contributed by atoms with Crippen LogP contribution in [0.15, 0.2) is 47.4 Å². The summed E-state index contributed by atoms with van der Waals surface area (Å²) >= 11 is 0. The second kappa shape index (κ2) is 6.93. The van der Waals surface area contributed by atoms with Gasteiger partial charge < -0.3 is 5.32 Å². The Morgan fingerprint density at radius 3 is 2.52 bits per heavy atom. The van der Waals surface area contributed by atoms with Crippen molar-refractivity contribution >= 4 is 15.9 Å². The summed E-state index contributed by atoms with van der Waals surface area (Å²) in [4.78, 5) is 12.5. The van der Waals surface area contributed by atoms with Crippen LogP contribution in [-0.2, 0) is 16.6 Å². The van der Waals surface area contributed by atoms with Crippen LogP contribution in [-0.4, -0.2) is 21.4 Å². The molecule has 0 heterocycles. The molecule has 0 aromatic heterocycles. The van der Waals surface area contributed by atoms with Crippen LogP contribution in [0.4, 0.5) is 0 Å². The van der Waals surface area contributed by atoms with Gasteiger partial charge in [-0.15, -0.1) is 0 Å². The zero-order valence-electron chi connectivity index (χ0n) is 13.4. The number of aryl methyl sites for hydroxylation is 2. The van der Waals surface area contributed by atoms with Crippen LogP contribution in [0.25, 0.3) is 0 Å². The lowest BCUT2D eigenvalue weighted by atomic mass is 10.1. The number of nitrogens with one attached hydrogen (secondary N) is 2. The molecule has 0 fully saturated rings. The van der Waals surface area contributed by atoms with Gasteiger partial charge in [0.2, 0.25) is 10.0 Å². The second-order valence-corrected chi connectivity index (χ2v) is 7.24. The monoisotopic (exact) mass is 332 g/mol. The first-order valence-electron chi connectivity index (χ1n) is 7.21. The molecule has 0 spiro atoms. The standard InChI is InChI=1S/C17H20N2O3S/c1-12-7-8-13(2)16(9-12)17(20)19-11-14-5-4-6-15(10-14)23(21,22)18-3/h4-10,18H,11H2,1-3H3,(H,19,20). The summed E-state index contributed by atoms with van der Waals surface area (Å²) in [6, 6.07) is 12.2. The van der Waals surface area contributed by atoms with Gasteiger partial charge in [0.15, 0.2) is 0 Å². The Bertz CT molecular complexity index is 829. The average molecular weight is 332 g/mol. The average Bonchev–Trinajstić information content (AvgIpc) is 2.55. The molecule has 0 unspecified atom stereocenters. The summed E-state index contributed by atoms with van der Waals surface area (Å²) in [6.07, 6.45) is 0. The third kappa shape index (κ3) is 4.18. The van der Waals surface area contributed by atoms with Gasteiger partial charge in [0, 0.05) is 12.1 Å². The van der Waals surface area contributed by atoms with E-state index in [1.54, 1.807) is 18.2 Å². The molecule has 0 aliphatic rings. The molecule has 6 heteroatoms. The molecule has 0 saturated heterocycles. The Balaban J connectivity index is 2.14. The van der Waals surface area contributed by atoms with Crippen LogP contribution in [0.5, 0.6) is 0 Å². The maximum atomic E-state index is 12.3. The second-order valence-electron chi connectivity index (χ2n) is 5.36. The molecule has 5 nitrogen and oxygen atoms in total. The van der Waals surface area contributed by atoms with Gasteiger partial charge in [-0.2, -0.15) is 0 Å². The van der Waals surface area contributed by atoms with Gasteiger partial charge in [-0.1, -0.05) is 29.8 Å². The number of rotatable bonds is 5. The van der Waals surface area contributed by atoms with Gasteiger partial charge in [0.05, 0.1) is 4.90 Å². The molecule has 0 saturated carbocycles. The maximum absolute atomic E-state index is 12.3. The summed E-state index contributed by atoms with van der Waals surface area (Å²) in [6.45, 7) is 4.08. The molecule has 0 aliphatic heterocycles. The quantitative estimate of drug-likeness (QED) is 0.881. The van der Waals surface area contributed by atoms with E-state index in [1.807, 2.05) is 32.0 Å². The predicted octanol–water partition coefficient (Wildman–Crippen LogP) is 2.14. The van der Waals surface area contributed by atoms with Crippen LogP contribution in [0.1, 0.15) is 27.0 Å². The molecule has 0 aliphatic carbocycles. The molecule has 2 N–H and O–H groups in total. The lowest BCUT2D eigenvalue weighted by molar-refractivity contribution is 0.0950. The third-order valence-corrected chi connectivity index (χ3v) is 4.98. The van der Waals surface area contributed by atoms with Crippen molar-refractivity contribution in [3.05, 3.63) is 64.7 Å². The molecule has 122 valence electrons. The highest BCUT2D eigenvalue weighted by Crippen LogP contribution is 2.13. The molecule has 2 aromatic rings. The summed E-state index contributed by atoms with van der Waals surface area (Å²) < 4.78 is 25.9. The number of carbonyl (C=O) groups is 1. The van der Waals surface area contributed by atoms with Crippen molar-refractivity contribution in [3.63, 3.8) is 0 Å². The van der Waals surface area contributed by atoms with Crippen molar-refractivity contribution < 1.29 is 13.2 Å². The number of sulfonamides is 1. The first-order valence-corrected chi connectivity index (χ1v) is 8.70. The zero-order valence-corrected chi connectivity index (χ0v) is 14.2. The molecular formula is C17H20N2O3S. The Hall–Kier alpha value is -2.18. The smallest absolute Gasteiger partial charge is 0.251 e. The summed E-state index contributed by atoms with van der Waals surface area (Å²) in [5.74, 6) is -0.173. The summed E-state index contributed by atoms with van der Waals surface area (Å²) in [5, 5.41) is 2.83. The fourth-order valence-corrected chi connectivity index (χ4v) is 3.00. The van der Waals surface area contributed by atoms with Gasteiger partial charge in [-0.25, -0.2) is 13.1 Å². The van der Waals surface area contributed by atoms with Crippen molar-refractivity contribution in [3.8, 4) is 0 Å². The van der Waals surface area contributed by atoms with E-state index in [-0.39, 0.29) is 17.3 Å². The van der Waals surface area contributed by atoms with E-state index in [4.69, 9.17) is 0 Å². The van der Waals surface area contributed by atoms with Gasteiger partial charge >= 0.3 is 0 Å². The minimum absolute atomic E-state index is 0.173. The van der Waals surface area contributed by atoms with Crippen LogP contribution in [0, 0.1) is 13.8 Å². The topological polar surface area (TPSA) is 75.3 Å². The lowest BCUT2D eigenvalue weighted by Gasteiger charge is -2.10. The van der Waals surface area contributed by atoms with Crippen LogP contribution in [0.3, 0.4) is 0 Å². The third-order valence-electron chi connectivity index (χ3n) is 3.57. The van der Waals surface area contributed by atoms with Crippen LogP contribution >= 0.6 is 0 Å². The van der Waals surface area contributed by atoms with Crippen LogP contribution < -0.4 is 10.0 Å². The Kier molecular flexibility index (Phi) is 5.18. The van der Waals surface area contributed by atoms with Crippen molar-refractivity contribution in [2.45, 2.75) is 25.3 Å². The van der Waals surface area contributed by atoms with Crippen molar-refractivity contribution in [1.82, 2.24) is 10.0 Å². The Labute approximate surface area is 136 Å². The van der Waals surface area contributed by atoms with E-state index in [0.29, 0.717) is 5.56 Å². The number of carbonyl (C=O) groups excluding carboxylic acids is 1. The highest BCUT2D eigenvalue weighted by atomic mass is 32.2. The van der Waals surface area contributed by atoms with Gasteiger partial charge in [0.25, 0.3) is 5.91 Å². The number of hydrogen-bond donors (Lipinski definition) is 2. The first kappa shape index (κ1) is 17.2. The maximum Gasteiger partial charge on any atom is 0.251 e. The lowest BCUT2D eigenvalue weighted by Crippen LogP contribution is -2.24. The van der Waals surface area contributed by atoms with Crippen molar-refractivity contribution in [1.29, 1.82) is 0 Å². The highest BCUT2D eigenvalue weighted by Gasteiger charge is 2.12. The molecule has 1 amide bonds. The molecule has 2 aromatic carbocycles. The predicted molar refractivity (Wildman–Crippen MR) is 89.8 cm³/mol. The molecule has 2 rings (SSSR count). The molecule has 0 radical (unpaired) electrons. The first-order chi connectivity index (χ1) is 10.8. The number of benzene rings is 2. The Morgan fingerprint density at radius 1 is 1.09 bits per heavy atom. The van der Waals surface area contributed by atoms with Gasteiger partial charge in [0.1, 0.15) is 0 Å². The van der Waals surface area contributed by atoms with Crippen LogP contribution in [0.2, 0.25) is 0 Å². The molecular weight excluding hydrogens is 312 g/mol. The fraction of sp³-hybridized carbons (Fsp3) is 0.235. The van der Waals surface area contributed by atoms with Gasteiger partial charge in [-0.05, 0) is 50.2 Å². The highest BCUT2D eigenvalue weighted by molar-refractivity contribution is 7.89. The van der Waals surface area contributed by atoms with E-state index in [0.717, 1.165) is 16.7 Å². The SMILES string of the molecule is CNS(=O)(=O)c1cccc(CNC(=O)c2cc(C)ccc2C)c1. The fourth-order valence-electron chi connectivity index (χ4n) is 2.20.